The minimum absolute atomic E-state index is 0.373. The maximum Gasteiger partial charge on any atom is 0.147 e. The zero-order valence-corrected chi connectivity index (χ0v) is 7.95. The fraction of sp³-hybridized carbons (Fsp3) is 0.667. The first-order chi connectivity index (χ1) is 6.24. The van der Waals surface area contributed by atoms with Crippen LogP contribution in [0.25, 0.3) is 0 Å². The Morgan fingerprint density at radius 1 is 1.69 bits per heavy atom. The average Bonchev–Trinajstić information content (AvgIpc) is 2.81. The molecule has 72 valence electrons. The van der Waals surface area contributed by atoms with Crippen molar-refractivity contribution in [3.05, 3.63) is 12.3 Å². The summed E-state index contributed by atoms with van der Waals surface area (Å²) in [6.45, 7) is 1.74. The van der Waals surface area contributed by atoms with Gasteiger partial charge in [-0.05, 0) is 24.8 Å². The smallest absolute Gasteiger partial charge is 0.147 e. The lowest BCUT2D eigenvalue weighted by molar-refractivity contribution is 0.554. The van der Waals surface area contributed by atoms with Crippen LogP contribution < -0.4 is 11.1 Å². The lowest BCUT2D eigenvalue weighted by atomic mass is 10.1. The van der Waals surface area contributed by atoms with Gasteiger partial charge in [-0.15, -0.1) is 0 Å². The second kappa shape index (κ2) is 3.03. The van der Waals surface area contributed by atoms with Gasteiger partial charge in [0.05, 0.1) is 0 Å². The molecule has 0 aromatic carbocycles. The molecule has 0 atom stereocenters. The number of aryl methyl sites for hydroxylation is 1. The van der Waals surface area contributed by atoms with Crippen molar-refractivity contribution < 1.29 is 0 Å². The molecule has 2 rings (SSSR count). The van der Waals surface area contributed by atoms with Crippen molar-refractivity contribution in [3.8, 4) is 0 Å². The molecule has 4 heteroatoms. The van der Waals surface area contributed by atoms with Gasteiger partial charge in [0.15, 0.2) is 0 Å². The molecular weight excluding hydrogens is 164 g/mol. The Kier molecular flexibility index (Phi) is 2.00. The molecule has 1 aromatic heterocycles. The van der Waals surface area contributed by atoms with Crippen molar-refractivity contribution >= 4 is 5.82 Å². The van der Waals surface area contributed by atoms with E-state index in [1.807, 2.05) is 19.3 Å². The lowest BCUT2D eigenvalue weighted by Crippen LogP contribution is -2.24. The highest BCUT2D eigenvalue weighted by atomic mass is 15.3. The SMILES string of the molecule is Cn1ccc(NCC2(CN)CC2)n1. The highest BCUT2D eigenvalue weighted by molar-refractivity contribution is 5.33. The number of nitrogens with two attached hydrogens (primary N) is 1. The van der Waals surface area contributed by atoms with Gasteiger partial charge >= 0.3 is 0 Å². The first-order valence-electron chi connectivity index (χ1n) is 4.68. The molecule has 0 spiro atoms. The predicted molar refractivity (Wildman–Crippen MR) is 52.4 cm³/mol. The summed E-state index contributed by atoms with van der Waals surface area (Å²) < 4.78 is 1.80. The number of nitrogens with zero attached hydrogens (tertiary/aromatic N) is 2. The monoisotopic (exact) mass is 180 g/mol. The van der Waals surface area contributed by atoms with E-state index in [1.165, 1.54) is 12.8 Å². The Labute approximate surface area is 78.1 Å². The van der Waals surface area contributed by atoms with Gasteiger partial charge in [-0.3, -0.25) is 4.68 Å². The maximum absolute atomic E-state index is 5.67. The van der Waals surface area contributed by atoms with Crippen molar-refractivity contribution in [2.24, 2.45) is 18.2 Å². The molecule has 13 heavy (non-hydrogen) atoms. The molecule has 1 saturated carbocycles. The maximum atomic E-state index is 5.67. The van der Waals surface area contributed by atoms with Crippen molar-refractivity contribution in [2.45, 2.75) is 12.8 Å². The molecular formula is C9H16N4. The van der Waals surface area contributed by atoms with E-state index < -0.39 is 0 Å². The number of aromatic nitrogens is 2. The Bertz CT molecular complexity index is 288. The number of nitrogens with one attached hydrogen (secondary N) is 1. The Morgan fingerprint density at radius 3 is 2.92 bits per heavy atom. The van der Waals surface area contributed by atoms with E-state index in [2.05, 4.69) is 10.4 Å². The third-order valence-electron chi connectivity index (χ3n) is 2.75. The second-order valence-electron chi connectivity index (χ2n) is 3.93. The lowest BCUT2D eigenvalue weighted by Gasteiger charge is -2.12. The highest BCUT2D eigenvalue weighted by Gasteiger charge is 2.40. The highest BCUT2D eigenvalue weighted by Crippen LogP contribution is 2.44. The first-order valence-corrected chi connectivity index (χ1v) is 4.68. The van der Waals surface area contributed by atoms with Crippen LogP contribution >= 0.6 is 0 Å². The van der Waals surface area contributed by atoms with Crippen LogP contribution in [0.2, 0.25) is 0 Å². The van der Waals surface area contributed by atoms with Crippen molar-refractivity contribution in [1.29, 1.82) is 0 Å². The Hall–Kier alpha value is -1.03. The third kappa shape index (κ3) is 1.83. The fourth-order valence-electron chi connectivity index (χ4n) is 1.42. The molecule has 0 amide bonds. The summed E-state index contributed by atoms with van der Waals surface area (Å²) in [4.78, 5) is 0. The van der Waals surface area contributed by atoms with Crippen LogP contribution in [0.5, 0.6) is 0 Å². The van der Waals surface area contributed by atoms with Crippen LogP contribution in [0.1, 0.15) is 12.8 Å². The van der Waals surface area contributed by atoms with Crippen molar-refractivity contribution in [2.75, 3.05) is 18.4 Å². The molecule has 1 aliphatic carbocycles. The van der Waals surface area contributed by atoms with E-state index in [0.717, 1.165) is 18.9 Å². The van der Waals surface area contributed by atoms with E-state index in [9.17, 15) is 0 Å². The summed E-state index contributed by atoms with van der Waals surface area (Å²) in [6.07, 6.45) is 4.44. The molecule has 1 aliphatic rings. The second-order valence-corrected chi connectivity index (χ2v) is 3.93. The van der Waals surface area contributed by atoms with Gasteiger partial charge in [0, 0.05) is 25.9 Å². The van der Waals surface area contributed by atoms with E-state index in [0.29, 0.717) is 5.41 Å². The summed E-state index contributed by atoms with van der Waals surface area (Å²) >= 11 is 0. The zero-order chi connectivity index (χ0) is 9.31. The van der Waals surface area contributed by atoms with Crippen LogP contribution in [0.3, 0.4) is 0 Å². The summed E-state index contributed by atoms with van der Waals surface area (Å²) in [6, 6.07) is 1.98. The molecule has 0 unspecified atom stereocenters. The molecule has 1 aromatic rings. The van der Waals surface area contributed by atoms with Crippen LogP contribution in [0.15, 0.2) is 12.3 Å². The van der Waals surface area contributed by atoms with E-state index in [-0.39, 0.29) is 0 Å². The van der Waals surface area contributed by atoms with Gasteiger partial charge < -0.3 is 11.1 Å². The van der Waals surface area contributed by atoms with Gasteiger partial charge in [-0.2, -0.15) is 5.10 Å². The van der Waals surface area contributed by atoms with Crippen LogP contribution in [0, 0.1) is 5.41 Å². The van der Waals surface area contributed by atoms with E-state index in [1.54, 1.807) is 4.68 Å². The van der Waals surface area contributed by atoms with E-state index >= 15 is 0 Å². The van der Waals surface area contributed by atoms with Gasteiger partial charge in [-0.25, -0.2) is 0 Å². The molecule has 0 aliphatic heterocycles. The van der Waals surface area contributed by atoms with Crippen LogP contribution in [0.4, 0.5) is 5.82 Å². The van der Waals surface area contributed by atoms with Crippen molar-refractivity contribution in [1.82, 2.24) is 9.78 Å². The normalized spacial score (nSPS) is 18.6. The summed E-state index contributed by atoms with van der Waals surface area (Å²) in [5, 5.41) is 7.55. The third-order valence-corrected chi connectivity index (χ3v) is 2.75. The van der Waals surface area contributed by atoms with Gasteiger partial charge in [0.2, 0.25) is 0 Å². The number of anilines is 1. The Morgan fingerprint density at radius 2 is 2.46 bits per heavy atom. The van der Waals surface area contributed by atoms with Crippen LogP contribution in [-0.4, -0.2) is 22.9 Å². The molecule has 1 fully saturated rings. The summed E-state index contributed by atoms with van der Waals surface area (Å²) in [5.41, 5.74) is 6.05. The van der Waals surface area contributed by atoms with Crippen LogP contribution in [-0.2, 0) is 7.05 Å². The minimum atomic E-state index is 0.373. The Balaban J connectivity index is 1.86. The quantitative estimate of drug-likeness (QED) is 0.712. The van der Waals surface area contributed by atoms with Crippen molar-refractivity contribution in [3.63, 3.8) is 0 Å². The molecule has 0 radical (unpaired) electrons. The van der Waals surface area contributed by atoms with Gasteiger partial charge in [-0.1, -0.05) is 0 Å². The molecule has 4 nitrogen and oxygen atoms in total. The van der Waals surface area contributed by atoms with E-state index in [4.69, 9.17) is 5.73 Å². The van der Waals surface area contributed by atoms with Gasteiger partial charge in [0.1, 0.15) is 5.82 Å². The largest absolute Gasteiger partial charge is 0.368 e. The topological polar surface area (TPSA) is 55.9 Å². The number of rotatable bonds is 4. The zero-order valence-electron chi connectivity index (χ0n) is 7.95. The predicted octanol–water partition coefficient (Wildman–Crippen LogP) is 0.571. The first kappa shape index (κ1) is 8.56. The fourth-order valence-corrected chi connectivity index (χ4v) is 1.42. The summed E-state index contributed by atoms with van der Waals surface area (Å²) in [7, 11) is 1.92. The number of hydrogen-bond acceptors (Lipinski definition) is 3. The molecule has 0 bridgehead atoms. The standard InChI is InChI=1S/C9H16N4/c1-13-5-2-8(12-13)11-7-9(6-10)3-4-9/h2,5H,3-4,6-7,10H2,1H3,(H,11,12). The van der Waals surface area contributed by atoms with Gasteiger partial charge in [0.25, 0.3) is 0 Å². The summed E-state index contributed by atoms with van der Waals surface area (Å²) in [5.74, 6) is 0.947. The minimum Gasteiger partial charge on any atom is -0.368 e. The molecule has 0 saturated heterocycles. The number of hydrogen-bond donors (Lipinski definition) is 2. The molecule has 1 heterocycles. The molecule has 3 N–H and O–H groups in total. The average molecular weight is 180 g/mol.